The molecule has 0 aromatic heterocycles. The molecule has 6 heteroatoms. The molecule has 0 saturated heterocycles. The zero-order chi connectivity index (χ0) is 12.0. The summed E-state index contributed by atoms with van der Waals surface area (Å²) < 4.78 is 27.3. The Balaban J connectivity index is 2.15. The highest BCUT2D eigenvalue weighted by molar-refractivity contribution is 7.87. The molecular formula is C10H23N3O2S. The van der Waals surface area contributed by atoms with Crippen LogP contribution in [-0.2, 0) is 10.2 Å². The summed E-state index contributed by atoms with van der Waals surface area (Å²) >= 11 is 0. The lowest BCUT2D eigenvalue weighted by molar-refractivity contribution is 0.448. The summed E-state index contributed by atoms with van der Waals surface area (Å²) in [5.74, 6) is 0. The summed E-state index contributed by atoms with van der Waals surface area (Å²) in [6, 6.07) is 0.627. The molecule has 0 amide bonds. The number of hydrogen-bond donors (Lipinski definition) is 2. The van der Waals surface area contributed by atoms with Crippen LogP contribution in [0, 0.1) is 0 Å². The van der Waals surface area contributed by atoms with Gasteiger partial charge in [0.05, 0.1) is 0 Å². The van der Waals surface area contributed by atoms with Crippen molar-refractivity contribution in [3.05, 3.63) is 0 Å². The van der Waals surface area contributed by atoms with Gasteiger partial charge in [-0.2, -0.15) is 12.7 Å². The van der Waals surface area contributed by atoms with E-state index in [1.807, 2.05) is 6.92 Å². The molecule has 2 N–H and O–H groups in total. The highest BCUT2D eigenvalue weighted by Gasteiger charge is 2.20. The highest BCUT2D eigenvalue weighted by atomic mass is 32.2. The maximum atomic E-state index is 11.7. The summed E-state index contributed by atoms with van der Waals surface area (Å²) in [5.41, 5.74) is 0. The molecule has 1 rings (SSSR count). The van der Waals surface area contributed by atoms with E-state index in [1.54, 1.807) is 7.05 Å². The van der Waals surface area contributed by atoms with E-state index in [2.05, 4.69) is 10.0 Å². The lowest BCUT2D eigenvalue weighted by atomic mass is 10.3. The van der Waals surface area contributed by atoms with Crippen molar-refractivity contribution in [3.8, 4) is 0 Å². The Morgan fingerprint density at radius 3 is 2.56 bits per heavy atom. The van der Waals surface area contributed by atoms with Crippen LogP contribution in [0.25, 0.3) is 0 Å². The van der Waals surface area contributed by atoms with E-state index in [9.17, 15) is 8.42 Å². The third-order valence-corrected chi connectivity index (χ3v) is 4.23. The first-order chi connectivity index (χ1) is 7.56. The number of nitrogens with one attached hydrogen (secondary N) is 2. The van der Waals surface area contributed by atoms with Gasteiger partial charge in [0, 0.05) is 32.7 Å². The summed E-state index contributed by atoms with van der Waals surface area (Å²) in [6.45, 7) is 3.82. The van der Waals surface area contributed by atoms with E-state index >= 15 is 0 Å². The predicted octanol–water partition coefficient (Wildman–Crippen LogP) is 0.305. The molecule has 1 fully saturated rings. The molecular weight excluding hydrogens is 226 g/mol. The molecule has 16 heavy (non-hydrogen) atoms. The molecule has 0 aromatic carbocycles. The molecule has 1 aliphatic carbocycles. The van der Waals surface area contributed by atoms with Gasteiger partial charge in [-0.15, -0.1) is 0 Å². The quantitative estimate of drug-likeness (QED) is 0.578. The molecule has 1 aliphatic rings. The summed E-state index contributed by atoms with van der Waals surface area (Å²) in [4.78, 5) is 0. The lowest BCUT2D eigenvalue weighted by Crippen LogP contribution is -2.41. The number of nitrogens with zero attached hydrogens (tertiary/aromatic N) is 1. The van der Waals surface area contributed by atoms with Gasteiger partial charge < -0.3 is 5.32 Å². The summed E-state index contributed by atoms with van der Waals surface area (Å²) in [5, 5.41) is 3.27. The molecule has 0 heterocycles. The fraction of sp³-hybridized carbons (Fsp3) is 1.00. The monoisotopic (exact) mass is 249 g/mol. The van der Waals surface area contributed by atoms with Gasteiger partial charge in [-0.3, -0.25) is 0 Å². The summed E-state index contributed by atoms with van der Waals surface area (Å²) in [6.07, 6.45) is 4.35. The van der Waals surface area contributed by atoms with Gasteiger partial charge >= 0.3 is 0 Å². The predicted molar refractivity (Wildman–Crippen MR) is 65.5 cm³/mol. The van der Waals surface area contributed by atoms with Gasteiger partial charge in [-0.1, -0.05) is 13.3 Å². The highest BCUT2D eigenvalue weighted by Crippen LogP contribution is 2.17. The van der Waals surface area contributed by atoms with Crippen molar-refractivity contribution in [2.24, 2.45) is 0 Å². The molecule has 0 radical (unpaired) electrons. The maximum absolute atomic E-state index is 11.7. The van der Waals surface area contributed by atoms with Crippen LogP contribution in [0.4, 0.5) is 0 Å². The van der Waals surface area contributed by atoms with E-state index in [0.717, 1.165) is 12.8 Å². The first kappa shape index (κ1) is 13.9. The second-order valence-electron chi connectivity index (χ2n) is 4.30. The first-order valence-corrected chi connectivity index (χ1v) is 7.44. The SMILES string of the molecule is CCCCN(C)S(=O)(=O)NCCNC1CC1. The Morgan fingerprint density at radius 2 is 2.00 bits per heavy atom. The fourth-order valence-corrected chi connectivity index (χ4v) is 2.30. The summed E-state index contributed by atoms with van der Waals surface area (Å²) in [7, 11) is -1.65. The minimum absolute atomic E-state index is 0.468. The average Bonchev–Trinajstić information content (AvgIpc) is 3.04. The Labute approximate surface area is 98.8 Å². The van der Waals surface area contributed by atoms with Gasteiger partial charge in [0.15, 0.2) is 0 Å². The largest absolute Gasteiger partial charge is 0.313 e. The van der Waals surface area contributed by atoms with Gasteiger partial charge in [-0.25, -0.2) is 4.72 Å². The van der Waals surface area contributed by atoms with Crippen molar-refractivity contribution in [1.82, 2.24) is 14.3 Å². The Bertz CT molecular complexity index is 288. The molecule has 0 aliphatic heterocycles. The van der Waals surface area contributed by atoms with E-state index in [4.69, 9.17) is 0 Å². The van der Waals surface area contributed by atoms with Crippen molar-refractivity contribution < 1.29 is 8.42 Å². The smallest absolute Gasteiger partial charge is 0.279 e. The number of hydrogen-bond acceptors (Lipinski definition) is 3. The van der Waals surface area contributed by atoms with E-state index in [1.165, 1.54) is 17.1 Å². The molecule has 0 aromatic rings. The van der Waals surface area contributed by atoms with Crippen LogP contribution >= 0.6 is 0 Å². The van der Waals surface area contributed by atoms with Crippen LogP contribution in [0.3, 0.4) is 0 Å². The van der Waals surface area contributed by atoms with Crippen LogP contribution in [0.2, 0.25) is 0 Å². The first-order valence-electron chi connectivity index (χ1n) is 6.00. The van der Waals surface area contributed by atoms with Crippen molar-refractivity contribution >= 4 is 10.2 Å². The zero-order valence-corrected chi connectivity index (χ0v) is 11.0. The van der Waals surface area contributed by atoms with Crippen molar-refractivity contribution in [2.45, 2.75) is 38.6 Å². The van der Waals surface area contributed by atoms with Crippen LogP contribution in [-0.4, -0.2) is 45.4 Å². The molecule has 5 nitrogen and oxygen atoms in total. The van der Waals surface area contributed by atoms with Crippen LogP contribution in [0.1, 0.15) is 32.6 Å². The fourth-order valence-electron chi connectivity index (χ4n) is 1.35. The zero-order valence-electron chi connectivity index (χ0n) is 10.2. The molecule has 0 unspecified atom stereocenters. The Hall–Kier alpha value is -0.170. The lowest BCUT2D eigenvalue weighted by Gasteiger charge is -2.17. The third-order valence-electron chi connectivity index (χ3n) is 2.66. The van der Waals surface area contributed by atoms with E-state index < -0.39 is 10.2 Å². The van der Waals surface area contributed by atoms with Gasteiger partial charge in [0.25, 0.3) is 10.2 Å². The minimum atomic E-state index is -3.27. The Kier molecular flexibility index (Phi) is 5.68. The van der Waals surface area contributed by atoms with Crippen molar-refractivity contribution in [2.75, 3.05) is 26.7 Å². The molecule has 0 spiro atoms. The van der Waals surface area contributed by atoms with Crippen molar-refractivity contribution in [3.63, 3.8) is 0 Å². The third kappa shape index (κ3) is 5.25. The van der Waals surface area contributed by atoms with Crippen molar-refractivity contribution in [1.29, 1.82) is 0 Å². The molecule has 96 valence electrons. The second kappa shape index (κ2) is 6.54. The van der Waals surface area contributed by atoms with E-state index in [-0.39, 0.29) is 0 Å². The van der Waals surface area contributed by atoms with Gasteiger partial charge in [0.1, 0.15) is 0 Å². The molecule has 0 bridgehead atoms. The number of unbranched alkanes of at least 4 members (excludes halogenated alkanes) is 1. The topological polar surface area (TPSA) is 61.4 Å². The second-order valence-corrected chi connectivity index (χ2v) is 6.17. The van der Waals surface area contributed by atoms with Crippen LogP contribution < -0.4 is 10.0 Å². The molecule has 1 saturated carbocycles. The minimum Gasteiger partial charge on any atom is -0.313 e. The van der Waals surface area contributed by atoms with Crippen LogP contribution in [0.15, 0.2) is 0 Å². The van der Waals surface area contributed by atoms with Gasteiger partial charge in [0.2, 0.25) is 0 Å². The van der Waals surface area contributed by atoms with Gasteiger partial charge in [-0.05, 0) is 19.3 Å². The number of rotatable bonds is 9. The van der Waals surface area contributed by atoms with E-state index in [0.29, 0.717) is 25.7 Å². The van der Waals surface area contributed by atoms with Crippen LogP contribution in [0.5, 0.6) is 0 Å². The standard InChI is InChI=1S/C10H23N3O2S/c1-3-4-9-13(2)16(14,15)12-8-7-11-10-5-6-10/h10-12H,3-9H2,1-2H3. The normalized spacial score (nSPS) is 16.9. The maximum Gasteiger partial charge on any atom is 0.279 e. The molecule has 0 atom stereocenters. The average molecular weight is 249 g/mol. The Morgan fingerprint density at radius 1 is 1.31 bits per heavy atom.